The monoisotopic (exact) mass is 457 g/mol. The summed E-state index contributed by atoms with van der Waals surface area (Å²) in [6.07, 6.45) is 1.48. The SMILES string of the molecule is CS(=O)(=O)c1nc(C(=O)NCC(O)COc2cccc(Cl)c2Cl)c2ccccn12. The first kappa shape index (κ1) is 21.4. The lowest BCUT2D eigenvalue weighted by atomic mass is 10.3. The van der Waals surface area contributed by atoms with E-state index in [4.69, 9.17) is 27.9 Å². The van der Waals surface area contributed by atoms with E-state index in [1.165, 1.54) is 10.6 Å². The Bertz CT molecular complexity index is 1160. The third-order valence-electron chi connectivity index (χ3n) is 3.91. The maximum atomic E-state index is 12.5. The molecule has 0 saturated carbocycles. The van der Waals surface area contributed by atoms with Gasteiger partial charge in [-0.3, -0.25) is 9.20 Å². The lowest BCUT2D eigenvalue weighted by Crippen LogP contribution is -2.35. The summed E-state index contributed by atoms with van der Waals surface area (Å²) >= 11 is 11.9. The van der Waals surface area contributed by atoms with Gasteiger partial charge in [0.05, 0.1) is 10.5 Å². The number of aliphatic hydroxyl groups is 1. The number of sulfone groups is 1. The number of amides is 1. The molecule has 11 heteroatoms. The highest BCUT2D eigenvalue weighted by molar-refractivity contribution is 7.90. The van der Waals surface area contributed by atoms with Gasteiger partial charge < -0.3 is 15.2 Å². The molecular formula is C18H17Cl2N3O5S. The second kappa shape index (κ2) is 8.58. The molecule has 0 aliphatic rings. The Morgan fingerprint density at radius 1 is 1.28 bits per heavy atom. The third-order valence-corrected chi connectivity index (χ3v) is 5.66. The Balaban J connectivity index is 1.67. The summed E-state index contributed by atoms with van der Waals surface area (Å²) in [5.41, 5.74) is 0.277. The molecule has 1 amide bonds. The summed E-state index contributed by atoms with van der Waals surface area (Å²) in [7, 11) is -3.64. The van der Waals surface area contributed by atoms with Crippen LogP contribution in [0.15, 0.2) is 47.8 Å². The Morgan fingerprint density at radius 2 is 2.03 bits per heavy atom. The molecule has 1 unspecified atom stereocenters. The van der Waals surface area contributed by atoms with Gasteiger partial charge in [-0.15, -0.1) is 0 Å². The Morgan fingerprint density at radius 3 is 2.76 bits per heavy atom. The molecule has 2 heterocycles. The van der Waals surface area contributed by atoms with E-state index in [1.807, 2.05) is 0 Å². The number of nitrogens with one attached hydrogen (secondary N) is 1. The third kappa shape index (κ3) is 4.81. The molecule has 1 aromatic carbocycles. The van der Waals surface area contributed by atoms with Crippen LogP contribution in [0.5, 0.6) is 5.75 Å². The summed E-state index contributed by atoms with van der Waals surface area (Å²) in [4.78, 5) is 16.5. The zero-order valence-corrected chi connectivity index (χ0v) is 17.5. The van der Waals surface area contributed by atoms with Crippen molar-refractivity contribution in [3.63, 3.8) is 0 Å². The van der Waals surface area contributed by atoms with Gasteiger partial charge in [0.15, 0.2) is 5.69 Å². The molecule has 0 spiro atoms. The Hall–Kier alpha value is -2.33. The van der Waals surface area contributed by atoms with E-state index in [2.05, 4.69) is 10.3 Å². The molecule has 0 bridgehead atoms. The quantitative estimate of drug-likeness (QED) is 0.562. The lowest BCUT2D eigenvalue weighted by Gasteiger charge is -2.14. The number of hydrogen-bond donors (Lipinski definition) is 2. The van der Waals surface area contributed by atoms with Gasteiger partial charge in [-0.2, -0.15) is 0 Å². The molecule has 3 rings (SSSR count). The number of fused-ring (bicyclic) bond motifs is 1. The summed E-state index contributed by atoms with van der Waals surface area (Å²) < 4.78 is 30.6. The van der Waals surface area contributed by atoms with E-state index in [0.29, 0.717) is 16.3 Å². The van der Waals surface area contributed by atoms with Crippen molar-refractivity contribution < 1.29 is 23.1 Å². The standard InChI is InChI=1S/C18H17Cl2N3O5S/c1-29(26,27)18-22-16(13-6-2-3-8-23(13)18)17(25)21-9-11(24)10-28-14-7-4-5-12(19)15(14)20/h2-8,11,24H,9-10H2,1H3,(H,21,25). The molecule has 1 atom stereocenters. The van der Waals surface area contributed by atoms with Crippen LogP contribution in [0.4, 0.5) is 0 Å². The topological polar surface area (TPSA) is 110 Å². The van der Waals surface area contributed by atoms with Crippen molar-refractivity contribution in [2.75, 3.05) is 19.4 Å². The van der Waals surface area contributed by atoms with Crippen LogP contribution in [0.2, 0.25) is 10.0 Å². The van der Waals surface area contributed by atoms with Crippen molar-refractivity contribution in [1.82, 2.24) is 14.7 Å². The van der Waals surface area contributed by atoms with Crippen LogP contribution >= 0.6 is 23.2 Å². The van der Waals surface area contributed by atoms with Crippen molar-refractivity contribution in [3.05, 3.63) is 58.3 Å². The number of imidazole rings is 1. The fraction of sp³-hybridized carbons (Fsp3) is 0.222. The normalized spacial score (nSPS) is 12.7. The lowest BCUT2D eigenvalue weighted by molar-refractivity contribution is 0.0841. The van der Waals surface area contributed by atoms with E-state index in [1.54, 1.807) is 36.4 Å². The zero-order valence-electron chi connectivity index (χ0n) is 15.2. The zero-order chi connectivity index (χ0) is 21.2. The van der Waals surface area contributed by atoms with Gasteiger partial charge in [0, 0.05) is 19.0 Å². The number of aliphatic hydroxyl groups excluding tert-OH is 1. The minimum absolute atomic E-state index is 0.0583. The predicted molar refractivity (Wildman–Crippen MR) is 109 cm³/mol. The van der Waals surface area contributed by atoms with Crippen LogP contribution in [0.3, 0.4) is 0 Å². The number of carbonyl (C=O) groups excluding carboxylic acids is 1. The molecule has 154 valence electrons. The highest BCUT2D eigenvalue weighted by Crippen LogP contribution is 2.31. The molecule has 0 aliphatic heterocycles. The van der Waals surface area contributed by atoms with E-state index < -0.39 is 21.8 Å². The number of nitrogens with zero attached hydrogens (tertiary/aromatic N) is 2. The molecule has 2 N–H and O–H groups in total. The van der Waals surface area contributed by atoms with Crippen LogP contribution in [0.25, 0.3) is 5.52 Å². The number of halogens is 2. The smallest absolute Gasteiger partial charge is 0.272 e. The van der Waals surface area contributed by atoms with Gasteiger partial charge >= 0.3 is 0 Å². The minimum Gasteiger partial charge on any atom is -0.489 e. The molecule has 29 heavy (non-hydrogen) atoms. The van der Waals surface area contributed by atoms with Crippen molar-refractivity contribution in [2.24, 2.45) is 0 Å². The van der Waals surface area contributed by atoms with E-state index >= 15 is 0 Å². The van der Waals surface area contributed by atoms with Gasteiger partial charge in [0.25, 0.3) is 5.91 Å². The van der Waals surface area contributed by atoms with Crippen LogP contribution < -0.4 is 10.1 Å². The van der Waals surface area contributed by atoms with Gasteiger partial charge in [-0.05, 0) is 24.3 Å². The number of carbonyl (C=O) groups is 1. The largest absolute Gasteiger partial charge is 0.489 e. The van der Waals surface area contributed by atoms with Crippen molar-refractivity contribution in [2.45, 2.75) is 11.3 Å². The maximum absolute atomic E-state index is 12.5. The summed E-state index contributed by atoms with van der Waals surface area (Å²) in [6, 6.07) is 9.74. The summed E-state index contributed by atoms with van der Waals surface area (Å²) in [6.45, 7) is -0.282. The Labute approximate surface area is 177 Å². The molecule has 0 radical (unpaired) electrons. The predicted octanol–water partition coefficient (Wildman–Crippen LogP) is 2.21. The molecule has 0 fully saturated rings. The van der Waals surface area contributed by atoms with Gasteiger partial charge in [-0.25, -0.2) is 13.4 Å². The maximum Gasteiger partial charge on any atom is 0.272 e. The van der Waals surface area contributed by atoms with Gasteiger partial charge in [-0.1, -0.05) is 35.3 Å². The van der Waals surface area contributed by atoms with Crippen molar-refractivity contribution in [1.29, 1.82) is 0 Å². The van der Waals surface area contributed by atoms with Crippen LogP contribution in [0.1, 0.15) is 10.5 Å². The first-order valence-corrected chi connectivity index (χ1v) is 11.0. The fourth-order valence-corrected chi connectivity index (χ4v) is 3.69. The average Bonchev–Trinajstić information content (AvgIpc) is 3.07. The van der Waals surface area contributed by atoms with Gasteiger partial charge in [0.1, 0.15) is 23.5 Å². The van der Waals surface area contributed by atoms with Gasteiger partial charge in [0.2, 0.25) is 15.0 Å². The number of hydrogen-bond acceptors (Lipinski definition) is 6. The van der Waals surface area contributed by atoms with Crippen LogP contribution in [0, 0.1) is 0 Å². The molecular weight excluding hydrogens is 441 g/mol. The van der Waals surface area contributed by atoms with Crippen LogP contribution in [-0.4, -0.2) is 54.3 Å². The fourth-order valence-electron chi connectivity index (χ4n) is 2.57. The van der Waals surface area contributed by atoms with Crippen LogP contribution in [-0.2, 0) is 9.84 Å². The molecule has 8 nitrogen and oxygen atoms in total. The summed E-state index contributed by atoms with van der Waals surface area (Å²) in [5, 5.41) is 12.9. The second-order valence-electron chi connectivity index (χ2n) is 6.20. The molecule has 0 aliphatic carbocycles. The minimum atomic E-state index is -3.64. The van der Waals surface area contributed by atoms with Crippen molar-refractivity contribution >= 4 is 44.5 Å². The number of rotatable bonds is 7. The second-order valence-corrected chi connectivity index (χ2v) is 8.89. The average molecular weight is 458 g/mol. The highest BCUT2D eigenvalue weighted by atomic mass is 35.5. The number of ether oxygens (including phenoxy) is 1. The summed E-state index contributed by atoms with van der Waals surface area (Å²) in [5.74, 6) is -0.314. The first-order valence-electron chi connectivity index (χ1n) is 8.38. The van der Waals surface area contributed by atoms with E-state index in [-0.39, 0.29) is 29.0 Å². The van der Waals surface area contributed by atoms with E-state index in [9.17, 15) is 18.3 Å². The van der Waals surface area contributed by atoms with E-state index in [0.717, 1.165) is 6.26 Å². The van der Waals surface area contributed by atoms with Crippen molar-refractivity contribution in [3.8, 4) is 5.75 Å². The number of aromatic nitrogens is 2. The number of benzene rings is 1. The Kier molecular flexibility index (Phi) is 6.33. The first-order chi connectivity index (χ1) is 13.7. The highest BCUT2D eigenvalue weighted by Gasteiger charge is 2.23. The molecule has 3 aromatic rings. The molecule has 2 aromatic heterocycles. The molecule has 0 saturated heterocycles. The number of pyridine rings is 1.